The monoisotopic (exact) mass is 379 g/mol. The zero-order chi connectivity index (χ0) is 19.9. The lowest BCUT2D eigenvalue weighted by atomic mass is 9.91. The molecule has 0 unspecified atom stereocenters. The molecule has 0 radical (unpaired) electrons. The van der Waals surface area contributed by atoms with Gasteiger partial charge in [-0.2, -0.15) is 0 Å². The first-order chi connectivity index (χ1) is 13.3. The molecule has 0 bridgehead atoms. The number of hydrogen-bond acceptors (Lipinski definition) is 6. The van der Waals surface area contributed by atoms with Gasteiger partial charge in [0.2, 0.25) is 0 Å². The fourth-order valence-corrected chi connectivity index (χ4v) is 3.03. The minimum Gasteiger partial charge on any atom is -0.301 e. The summed E-state index contributed by atoms with van der Waals surface area (Å²) in [7, 11) is 0. The SMILES string of the molecule is CC(C)(C)C(=O)Cn1cc(C(=O)N2Cc3cnnn3Cc3ccccc32)nn1. The quantitative estimate of drug-likeness (QED) is 0.687. The number of hydrogen-bond donors (Lipinski definition) is 0. The summed E-state index contributed by atoms with van der Waals surface area (Å²) < 4.78 is 3.20. The summed E-state index contributed by atoms with van der Waals surface area (Å²) in [5.74, 6) is -0.261. The molecule has 2 aromatic heterocycles. The van der Waals surface area contributed by atoms with Gasteiger partial charge in [0.15, 0.2) is 11.5 Å². The molecule has 0 saturated heterocycles. The van der Waals surface area contributed by atoms with Crippen molar-refractivity contribution in [2.24, 2.45) is 5.41 Å². The molecule has 1 aliphatic rings. The van der Waals surface area contributed by atoms with Crippen LogP contribution in [0.4, 0.5) is 5.69 Å². The Morgan fingerprint density at radius 1 is 1.11 bits per heavy atom. The molecule has 1 aromatic carbocycles. The number of nitrogens with zero attached hydrogens (tertiary/aromatic N) is 7. The predicted molar refractivity (Wildman–Crippen MR) is 101 cm³/mol. The van der Waals surface area contributed by atoms with Gasteiger partial charge in [0.25, 0.3) is 5.91 Å². The van der Waals surface area contributed by atoms with Crippen LogP contribution >= 0.6 is 0 Å². The number of ketones is 1. The van der Waals surface area contributed by atoms with E-state index in [-0.39, 0.29) is 23.9 Å². The Balaban J connectivity index is 1.64. The van der Waals surface area contributed by atoms with Gasteiger partial charge in [0, 0.05) is 11.1 Å². The molecule has 3 aromatic rings. The molecule has 28 heavy (non-hydrogen) atoms. The second kappa shape index (κ2) is 6.66. The highest BCUT2D eigenvalue weighted by molar-refractivity contribution is 6.05. The van der Waals surface area contributed by atoms with E-state index in [0.717, 1.165) is 16.9 Å². The third-order valence-corrected chi connectivity index (χ3v) is 4.77. The Kier molecular flexibility index (Phi) is 4.29. The van der Waals surface area contributed by atoms with E-state index in [2.05, 4.69) is 20.6 Å². The minimum absolute atomic E-state index is 0.0199. The third kappa shape index (κ3) is 3.30. The van der Waals surface area contributed by atoms with Gasteiger partial charge >= 0.3 is 0 Å². The number of carbonyl (C=O) groups excluding carboxylic acids is 2. The number of rotatable bonds is 3. The summed E-state index contributed by atoms with van der Waals surface area (Å²) in [5.41, 5.74) is 2.32. The number of anilines is 1. The third-order valence-electron chi connectivity index (χ3n) is 4.77. The van der Waals surface area contributed by atoms with E-state index in [4.69, 9.17) is 0 Å². The number of fused-ring (bicyclic) bond motifs is 2. The Morgan fingerprint density at radius 3 is 2.68 bits per heavy atom. The average Bonchev–Trinajstić information content (AvgIpc) is 3.26. The molecule has 0 spiro atoms. The predicted octanol–water partition coefficient (Wildman–Crippen LogP) is 1.69. The highest BCUT2D eigenvalue weighted by Gasteiger charge is 2.28. The number of para-hydroxylation sites is 1. The molecule has 0 saturated carbocycles. The van der Waals surface area contributed by atoms with Crippen LogP contribution in [0.15, 0.2) is 36.7 Å². The van der Waals surface area contributed by atoms with E-state index in [1.54, 1.807) is 15.8 Å². The fraction of sp³-hybridized carbons (Fsp3) is 0.368. The van der Waals surface area contributed by atoms with Crippen molar-refractivity contribution in [3.05, 3.63) is 53.6 Å². The maximum absolute atomic E-state index is 13.2. The van der Waals surface area contributed by atoms with Crippen LogP contribution in [0.5, 0.6) is 0 Å². The lowest BCUT2D eigenvalue weighted by molar-refractivity contribution is -0.127. The Morgan fingerprint density at radius 2 is 1.89 bits per heavy atom. The molecule has 0 N–H and O–H groups in total. The first-order valence-electron chi connectivity index (χ1n) is 9.03. The summed E-state index contributed by atoms with van der Waals surface area (Å²) >= 11 is 0. The summed E-state index contributed by atoms with van der Waals surface area (Å²) in [6, 6.07) is 7.69. The molecule has 0 atom stereocenters. The van der Waals surface area contributed by atoms with Gasteiger partial charge in [0.05, 0.1) is 31.2 Å². The summed E-state index contributed by atoms with van der Waals surface area (Å²) in [4.78, 5) is 27.1. The van der Waals surface area contributed by atoms with E-state index in [1.807, 2.05) is 45.0 Å². The Labute approximate surface area is 161 Å². The van der Waals surface area contributed by atoms with Crippen molar-refractivity contribution in [1.29, 1.82) is 0 Å². The van der Waals surface area contributed by atoms with Crippen molar-refractivity contribution in [3.8, 4) is 0 Å². The maximum atomic E-state index is 13.2. The molecule has 0 fully saturated rings. The number of amides is 1. The smallest absolute Gasteiger partial charge is 0.280 e. The van der Waals surface area contributed by atoms with Gasteiger partial charge < -0.3 is 4.90 Å². The molecule has 144 valence electrons. The number of carbonyl (C=O) groups is 2. The summed E-state index contributed by atoms with van der Waals surface area (Å²) in [5, 5.41) is 16.0. The van der Waals surface area contributed by atoms with Crippen LogP contribution in [-0.2, 0) is 24.4 Å². The zero-order valence-corrected chi connectivity index (χ0v) is 16.0. The van der Waals surface area contributed by atoms with E-state index >= 15 is 0 Å². The number of Topliss-reactive ketones (excluding diaryl/α,β-unsaturated/α-hetero) is 1. The van der Waals surface area contributed by atoms with Crippen molar-refractivity contribution in [2.45, 2.75) is 40.4 Å². The highest BCUT2D eigenvalue weighted by atomic mass is 16.2. The van der Waals surface area contributed by atoms with Crippen molar-refractivity contribution in [3.63, 3.8) is 0 Å². The van der Waals surface area contributed by atoms with Gasteiger partial charge in [-0.05, 0) is 11.6 Å². The van der Waals surface area contributed by atoms with Gasteiger partial charge in [-0.15, -0.1) is 10.2 Å². The maximum Gasteiger partial charge on any atom is 0.280 e. The van der Waals surface area contributed by atoms with Crippen LogP contribution in [0, 0.1) is 5.41 Å². The van der Waals surface area contributed by atoms with Crippen LogP contribution in [0.25, 0.3) is 0 Å². The summed E-state index contributed by atoms with van der Waals surface area (Å²) in [6.07, 6.45) is 3.18. The minimum atomic E-state index is -0.481. The second-order valence-electron chi connectivity index (χ2n) is 7.88. The molecular formula is C19H21N7O2. The van der Waals surface area contributed by atoms with Crippen molar-refractivity contribution in [2.75, 3.05) is 4.90 Å². The number of aromatic nitrogens is 6. The van der Waals surface area contributed by atoms with E-state index in [0.29, 0.717) is 13.1 Å². The average molecular weight is 379 g/mol. The molecule has 9 nitrogen and oxygen atoms in total. The van der Waals surface area contributed by atoms with E-state index < -0.39 is 5.41 Å². The molecular weight excluding hydrogens is 358 g/mol. The molecule has 3 heterocycles. The van der Waals surface area contributed by atoms with Gasteiger partial charge in [-0.1, -0.05) is 49.4 Å². The molecule has 4 rings (SSSR count). The van der Waals surface area contributed by atoms with Crippen LogP contribution in [0.2, 0.25) is 0 Å². The topological polar surface area (TPSA) is 98.8 Å². The molecule has 1 amide bonds. The van der Waals surface area contributed by atoms with Gasteiger partial charge in [0.1, 0.15) is 6.54 Å². The normalized spacial score (nSPS) is 13.6. The second-order valence-corrected chi connectivity index (χ2v) is 7.88. The lowest BCUT2D eigenvalue weighted by Crippen LogP contribution is -2.31. The number of benzene rings is 1. The van der Waals surface area contributed by atoms with Crippen LogP contribution < -0.4 is 4.90 Å². The van der Waals surface area contributed by atoms with E-state index in [9.17, 15) is 9.59 Å². The largest absolute Gasteiger partial charge is 0.301 e. The first-order valence-corrected chi connectivity index (χ1v) is 9.03. The Bertz CT molecular complexity index is 1040. The Hall–Kier alpha value is -3.36. The van der Waals surface area contributed by atoms with E-state index in [1.165, 1.54) is 10.9 Å². The molecule has 0 aliphatic carbocycles. The van der Waals surface area contributed by atoms with Crippen molar-refractivity contribution < 1.29 is 9.59 Å². The van der Waals surface area contributed by atoms with Gasteiger partial charge in [-0.25, -0.2) is 9.36 Å². The first kappa shape index (κ1) is 18.0. The standard InChI is InChI=1S/C19H21N7O2/c1-19(2,3)17(27)12-24-11-15(21-23-24)18(28)25-10-14-8-20-22-26(14)9-13-6-4-5-7-16(13)25/h4-8,11H,9-10,12H2,1-3H3. The van der Waals surface area contributed by atoms with Crippen LogP contribution in [0.3, 0.4) is 0 Å². The lowest BCUT2D eigenvalue weighted by Gasteiger charge is -2.21. The van der Waals surface area contributed by atoms with Gasteiger partial charge in [-0.3, -0.25) is 9.59 Å². The zero-order valence-electron chi connectivity index (χ0n) is 16.0. The van der Waals surface area contributed by atoms with Crippen LogP contribution in [0.1, 0.15) is 42.5 Å². The summed E-state index contributed by atoms with van der Waals surface area (Å²) in [6.45, 7) is 6.51. The van der Waals surface area contributed by atoms with Crippen LogP contribution in [-0.4, -0.2) is 41.7 Å². The fourth-order valence-electron chi connectivity index (χ4n) is 3.03. The molecule has 1 aliphatic heterocycles. The van der Waals surface area contributed by atoms with Crippen molar-refractivity contribution >= 4 is 17.4 Å². The van der Waals surface area contributed by atoms with Crippen molar-refractivity contribution in [1.82, 2.24) is 30.0 Å². The molecule has 9 heteroatoms. The highest BCUT2D eigenvalue weighted by Crippen LogP contribution is 2.28.